The molecule has 0 saturated carbocycles. The third kappa shape index (κ3) is 2.97. The Balaban J connectivity index is 2.99. The topological polar surface area (TPSA) is 54.4 Å². The van der Waals surface area contributed by atoms with E-state index in [2.05, 4.69) is 0 Å². The second-order valence-corrected chi connectivity index (χ2v) is 4.76. The van der Waals surface area contributed by atoms with Gasteiger partial charge in [-0.1, -0.05) is 18.2 Å². The molecule has 14 heavy (non-hydrogen) atoms. The molecule has 4 heteroatoms. The Labute approximate surface area is 83.6 Å². The minimum atomic E-state index is -3.40. The molecular formula is C10H12O3S. The summed E-state index contributed by atoms with van der Waals surface area (Å²) in [5, 5.41) is 9.93. The third-order valence-electron chi connectivity index (χ3n) is 1.61. The van der Waals surface area contributed by atoms with Crippen LogP contribution in [0.25, 0.3) is 0 Å². The van der Waals surface area contributed by atoms with Gasteiger partial charge in [-0.2, -0.15) is 0 Å². The average Bonchev–Trinajstić information content (AvgIpc) is 2.16. The normalized spacial score (nSPS) is 14.4. The van der Waals surface area contributed by atoms with Crippen molar-refractivity contribution in [2.75, 3.05) is 0 Å². The molecular weight excluding hydrogens is 200 g/mol. The molecule has 0 spiro atoms. The van der Waals surface area contributed by atoms with Gasteiger partial charge in [-0.3, -0.25) is 0 Å². The van der Waals surface area contributed by atoms with E-state index < -0.39 is 15.9 Å². The largest absolute Gasteiger partial charge is 0.389 e. The number of hydrogen-bond donors (Lipinski definition) is 1. The first-order chi connectivity index (χ1) is 6.52. The number of sulfone groups is 1. The van der Waals surface area contributed by atoms with Crippen molar-refractivity contribution in [3.05, 3.63) is 41.8 Å². The molecule has 3 nitrogen and oxygen atoms in total. The standard InChI is InChI=1S/C10H12O3S/c1-9(11)7-8-14(12,13)10-5-3-2-4-6-10/h2-9,11H,1H3/b8-7+/t9-/m1/s1. The van der Waals surface area contributed by atoms with Crippen LogP contribution in [-0.4, -0.2) is 19.6 Å². The van der Waals surface area contributed by atoms with Crippen molar-refractivity contribution >= 4 is 9.84 Å². The molecule has 1 N–H and O–H groups in total. The van der Waals surface area contributed by atoms with Gasteiger partial charge in [0, 0.05) is 5.41 Å². The molecule has 0 heterocycles. The fraction of sp³-hybridized carbons (Fsp3) is 0.200. The van der Waals surface area contributed by atoms with Crippen molar-refractivity contribution in [2.45, 2.75) is 17.9 Å². The van der Waals surface area contributed by atoms with Gasteiger partial charge in [0.05, 0.1) is 11.0 Å². The first-order valence-corrected chi connectivity index (χ1v) is 5.73. The Morgan fingerprint density at radius 2 is 1.86 bits per heavy atom. The van der Waals surface area contributed by atoms with E-state index >= 15 is 0 Å². The maximum atomic E-state index is 11.5. The summed E-state index contributed by atoms with van der Waals surface area (Å²) < 4.78 is 23.1. The molecule has 1 aromatic rings. The summed E-state index contributed by atoms with van der Waals surface area (Å²) in [7, 11) is -3.40. The zero-order chi connectivity index (χ0) is 10.6. The van der Waals surface area contributed by atoms with Gasteiger partial charge in [-0.15, -0.1) is 0 Å². The second kappa shape index (κ2) is 4.39. The molecule has 0 aliphatic rings. The molecule has 0 radical (unpaired) electrons. The van der Waals surface area contributed by atoms with E-state index in [-0.39, 0.29) is 4.90 Å². The Hall–Kier alpha value is -1.13. The van der Waals surface area contributed by atoms with Crippen LogP contribution in [0, 0.1) is 0 Å². The van der Waals surface area contributed by atoms with Crippen LogP contribution in [0.2, 0.25) is 0 Å². The van der Waals surface area contributed by atoms with Gasteiger partial charge in [0.2, 0.25) is 0 Å². The molecule has 1 aromatic carbocycles. The van der Waals surface area contributed by atoms with Gasteiger partial charge in [0.25, 0.3) is 0 Å². The molecule has 0 saturated heterocycles. The lowest BCUT2D eigenvalue weighted by Gasteiger charge is -1.98. The second-order valence-electron chi connectivity index (χ2n) is 2.93. The van der Waals surface area contributed by atoms with E-state index in [4.69, 9.17) is 5.11 Å². The summed E-state index contributed by atoms with van der Waals surface area (Å²) in [4.78, 5) is 0.233. The highest BCUT2D eigenvalue weighted by Crippen LogP contribution is 2.11. The van der Waals surface area contributed by atoms with E-state index in [1.165, 1.54) is 25.1 Å². The zero-order valence-electron chi connectivity index (χ0n) is 7.79. The van der Waals surface area contributed by atoms with Gasteiger partial charge in [-0.25, -0.2) is 8.42 Å². The Morgan fingerprint density at radius 3 is 2.36 bits per heavy atom. The zero-order valence-corrected chi connectivity index (χ0v) is 8.61. The third-order valence-corrected chi connectivity index (χ3v) is 3.05. The predicted molar refractivity (Wildman–Crippen MR) is 54.4 cm³/mol. The van der Waals surface area contributed by atoms with E-state index in [0.29, 0.717) is 0 Å². The minimum absolute atomic E-state index is 0.233. The monoisotopic (exact) mass is 212 g/mol. The highest BCUT2D eigenvalue weighted by atomic mass is 32.2. The summed E-state index contributed by atoms with van der Waals surface area (Å²) in [6.07, 6.45) is 0.482. The SMILES string of the molecule is C[C@@H](O)/C=C/S(=O)(=O)c1ccccc1. The first kappa shape index (κ1) is 10.9. The van der Waals surface area contributed by atoms with Crippen LogP contribution in [-0.2, 0) is 9.84 Å². The Morgan fingerprint density at radius 1 is 1.29 bits per heavy atom. The fourth-order valence-electron chi connectivity index (χ4n) is 0.906. The summed E-state index contributed by atoms with van der Waals surface area (Å²) in [5.74, 6) is 0. The summed E-state index contributed by atoms with van der Waals surface area (Å²) in [6, 6.07) is 8.09. The molecule has 0 bridgehead atoms. The van der Waals surface area contributed by atoms with Crippen molar-refractivity contribution in [1.29, 1.82) is 0 Å². The molecule has 1 atom stereocenters. The lowest BCUT2D eigenvalue weighted by atomic mass is 10.4. The molecule has 0 amide bonds. The maximum absolute atomic E-state index is 11.5. The van der Waals surface area contributed by atoms with Crippen LogP contribution in [0.1, 0.15) is 6.92 Å². The van der Waals surface area contributed by atoms with Gasteiger partial charge in [0.15, 0.2) is 9.84 Å². The molecule has 0 aromatic heterocycles. The van der Waals surface area contributed by atoms with E-state index in [1.54, 1.807) is 18.2 Å². The number of rotatable bonds is 3. The van der Waals surface area contributed by atoms with E-state index in [0.717, 1.165) is 5.41 Å². The number of benzene rings is 1. The van der Waals surface area contributed by atoms with Crippen molar-refractivity contribution < 1.29 is 13.5 Å². The van der Waals surface area contributed by atoms with Crippen LogP contribution >= 0.6 is 0 Å². The van der Waals surface area contributed by atoms with E-state index in [9.17, 15) is 8.42 Å². The van der Waals surface area contributed by atoms with Crippen molar-refractivity contribution in [1.82, 2.24) is 0 Å². The van der Waals surface area contributed by atoms with Crippen LogP contribution in [0.5, 0.6) is 0 Å². The molecule has 0 aliphatic heterocycles. The van der Waals surface area contributed by atoms with Crippen LogP contribution in [0.15, 0.2) is 46.7 Å². The Bertz CT molecular complexity index is 404. The van der Waals surface area contributed by atoms with Gasteiger partial charge >= 0.3 is 0 Å². The highest BCUT2D eigenvalue weighted by molar-refractivity contribution is 7.94. The van der Waals surface area contributed by atoms with Crippen molar-refractivity contribution in [2.24, 2.45) is 0 Å². The molecule has 76 valence electrons. The summed E-state index contributed by atoms with van der Waals surface area (Å²) in [5.41, 5.74) is 0. The fourth-order valence-corrected chi connectivity index (χ4v) is 2.03. The van der Waals surface area contributed by atoms with Crippen LogP contribution in [0.4, 0.5) is 0 Å². The predicted octanol–water partition coefficient (Wildman–Crippen LogP) is 1.35. The lowest BCUT2D eigenvalue weighted by Crippen LogP contribution is -1.99. The molecule has 0 unspecified atom stereocenters. The van der Waals surface area contributed by atoms with Crippen molar-refractivity contribution in [3.63, 3.8) is 0 Å². The smallest absolute Gasteiger partial charge is 0.199 e. The van der Waals surface area contributed by atoms with Gasteiger partial charge in [0.1, 0.15) is 0 Å². The van der Waals surface area contributed by atoms with Crippen molar-refractivity contribution in [3.8, 4) is 0 Å². The summed E-state index contributed by atoms with van der Waals surface area (Å²) in [6.45, 7) is 1.50. The van der Waals surface area contributed by atoms with Crippen LogP contribution in [0.3, 0.4) is 0 Å². The lowest BCUT2D eigenvalue weighted by molar-refractivity contribution is 0.244. The number of aliphatic hydroxyl groups excluding tert-OH is 1. The highest BCUT2D eigenvalue weighted by Gasteiger charge is 2.08. The quantitative estimate of drug-likeness (QED) is 0.823. The molecule has 0 aliphatic carbocycles. The Kier molecular flexibility index (Phi) is 3.43. The first-order valence-electron chi connectivity index (χ1n) is 4.19. The minimum Gasteiger partial charge on any atom is -0.389 e. The van der Waals surface area contributed by atoms with Crippen LogP contribution < -0.4 is 0 Å². The molecule has 1 rings (SSSR count). The number of hydrogen-bond acceptors (Lipinski definition) is 3. The van der Waals surface area contributed by atoms with E-state index in [1.807, 2.05) is 0 Å². The van der Waals surface area contributed by atoms with Gasteiger partial charge in [-0.05, 0) is 25.1 Å². The average molecular weight is 212 g/mol. The maximum Gasteiger partial charge on any atom is 0.199 e. The number of aliphatic hydroxyl groups is 1. The van der Waals surface area contributed by atoms with Gasteiger partial charge < -0.3 is 5.11 Å². The molecule has 0 fully saturated rings. The summed E-state index contributed by atoms with van der Waals surface area (Å²) >= 11 is 0.